The minimum Gasteiger partial charge on any atom is -0.338 e. The van der Waals surface area contributed by atoms with Gasteiger partial charge in [0.25, 0.3) is 0 Å². The highest BCUT2D eigenvalue weighted by Crippen LogP contribution is 2.27. The van der Waals surface area contributed by atoms with E-state index in [-0.39, 0.29) is 0 Å². The molecule has 0 aliphatic carbocycles. The Hall–Kier alpha value is -3.19. The fourth-order valence-electron chi connectivity index (χ4n) is 3.03. The molecule has 29 heavy (non-hydrogen) atoms. The van der Waals surface area contributed by atoms with Crippen molar-refractivity contribution in [2.24, 2.45) is 0 Å². The zero-order valence-electron chi connectivity index (χ0n) is 16.4. The Morgan fingerprint density at radius 3 is 2.48 bits per heavy atom. The fraction of sp³-hybridized carbons (Fsp3) is 0.182. The van der Waals surface area contributed by atoms with E-state index in [4.69, 9.17) is 4.52 Å². The van der Waals surface area contributed by atoms with Crippen molar-refractivity contribution in [2.45, 2.75) is 31.3 Å². The molecule has 0 bridgehead atoms. The number of allylic oxidation sites excluding steroid dienone is 1. The number of hydrogen-bond acceptors (Lipinski definition) is 6. The van der Waals surface area contributed by atoms with Crippen molar-refractivity contribution in [2.75, 3.05) is 0 Å². The van der Waals surface area contributed by atoms with E-state index in [1.807, 2.05) is 54.0 Å². The van der Waals surface area contributed by atoms with E-state index < -0.39 is 0 Å². The third kappa shape index (κ3) is 4.30. The van der Waals surface area contributed by atoms with Gasteiger partial charge >= 0.3 is 0 Å². The van der Waals surface area contributed by atoms with E-state index in [0.717, 1.165) is 27.7 Å². The normalized spacial score (nSPS) is 11.0. The van der Waals surface area contributed by atoms with Gasteiger partial charge in [-0.25, -0.2) is 0 Å². The Bertz CT molecular complexity index is 1150. The molecule has 0 saturated carbocycles. The van der Waals surface area contributed by atoms with E-state index in [0.29, 0.717) is 24.0 Å². The highest BCUT2D eigenvalue weighted by molar-refractivity contribution is 7.98. The predicted molar refractivity (Wildman–Crippen MR) is 114 cm³/mol. The second-order valence-corrected chi connectivity index (χ2v) is 7.69. The lowest BCUT2D eigenvalue weighted by atomic mass is 10.1. The van der Waals surface area contributed by atoms with Crippen LogP contribution in [-0.4, -0.2) is 24.9 Å². The number of aromatic nitrogens is 5. The van der Waals surface area contributed by atoms with E-state index in [2.05, 4.69) is 46.0 Å². The van der Waals surface area contributed by atoms with Crippen molar-refractivity contribution in [3.8, 4) is 22.8 Å². The molecule has 2 aromatic carbocycles. The first kappa shape index (κ1) is 19.1. The van der Waals surface area contributed by atoms with Crippen molar-refractivity contribution >= 4 is 11.8 Å². The molecule has 0 aliphatic rings. The zero-order valence-corrected chi connectivity index (χ0v) is 17.2. The summed E-state index contributed by atoms with van der Waals surface area (Å²) in [6.07, 6.45) is 1.84. The highest BCUT2D eigenvalue weighted by atomic mass is 32.2. The molecule has 0 N–H and O–H groups in total. The highest BCUT2D eigenvalue weighted by Gasteiger charge is 2.16. The van der Waals surface area contributed by atoms with Crippen LogP contribution in [0.25, 0.3) is 22.8 Å². The molecule has 0 saturated heterocycles. The summed E-state index contributed by atoms with van der Waals surface area (Å²) in [6, 6.07) is 16.3. The van der Waals surface area contributed by atoms with Gasteiger partial charge in [-0.1, -0.05) is 70.5 Å². The molecular weight excluding hydrogens is 382 g/mol. The second-order valence-electron chi connectivity index (χ2n) is 6.74. The van der Waals surface area contributed by atoms with Crippen molar-refractivity contribution in [3.63, 3.8) is 0 Å². The maximum absolute atomic E-state index is 5.43. The standard InChI is InChI=1S/C22H21N5OS/c1-4-11-27-21(18-10-6-8-16(3)13-18)24-25-22(27)29-14-19-23-20(26-28-19)17-9-5-7-15(2)12-17/h4-10,12-13H,1,11,14H2,2-3H3. The first-order valence-corrected chi connectivity index (χ1v) is 10.3. The van der Waals surface area contributed by atoms with Crippen molar-refractivity contribution in [1.29, 1.82) is 0 Å². The van der Waals surface area contributed by atoms with E-state index in [1.165, 1.54) is 17.3 Å². The van der Waals surface area contributed by atoms with Crippen LogP contribution in [0.1, 0.15) is 17.0 Å². The van der Waals surface area contributed by atoms with Crippen LogP contribution < -0.4 is 0 Å². The maximum Gasteiger partial charge on any atom is 0.237 e. The van der Waals surface area contributed by atoms with Gasteiger partial charge in [0.1, 0.15) is 0 Å². The van der Waals surface area contributed by atoms with Crippen LogP contribution in [-0.2, 0) is 12.3 Å². The Morgan fingerprint density at radius 2 is 1.76 bits per heavy atom. The average molecular weight is 404 g/mol. The third-order valence-corrected chi connectivity index (χ3v) is 5.33. The number of aryl methyl sites for hydroxylation is 2. The molecule has 0 atom stereocenters. The first-order chi connectivity index (χ1) is 14.1. The van der Waals surface area contributed by atoms with Crippen molar-refractivity contribution in [1.82, 2.24) is 24.9 Å². The lowest BCUT2D eigenvalue weighted by Gasteiger charge is -2.07. The predicted octanol–water partition coefficient (Wildman–Crippen LogP) is 5.09. The van der Waals surface area contributed by atoms with E-state index in [9.17, 15) is 0 Å². The zero-order chi connectivity index (χ0) is 20.2. The Morgan fingerprint density at radius 1 is 1.03 bits per heavy atom. The molecule has 4 rings (SSSR count). The van der Waals surface area contributed by atoms with Crippen molar-refractivity contribution in [3.05, 3.63) is 78.2 Å². The fourth-order valence-corrected chi connectivity index (χ4v) is 3.81. The number of nitrogens with zero attached hydrogens (tertiary/aromatic N) is 5. The first-order valence-electron chi connectivity index (χ1n) is 9.27. The SMILES string of the molecule is C=CCn1c(SCc2nc(-c3cccc(C)c3)no2)nnc1-c1cccc(C)c1. The van der Waals surface area contributed by atoms with Gasteiger partial charge in [0.15, 0.2) is 11.0 Å². The molecule has 0 amide bonds. The Labute approximate surface area is 173 Å². The smallest absolute Gasteiger partial charge is 0.237 e. The van der Waals surface area contributed by atoms with Crippen LogP contribution in [0.2, 0.25) is 0 Å². The number of benzene rings is 2. The monoisotopic (exact) mass is 403 g/mol. The average Bonchev–Trinajstić information content (AvgIpc) is 3.34. The van der Waals surface area contributed by atoms with Gasteiger partial charge in [0.05, 0.1) is 5.75 Å². The van der Waals surface area contributed by atoms with Gasteiger partial charge in [-0.3, -0.25) is 4.57 Å². The summed E-state index contributed by atoms with van der Waals surface area (Å²) in [5.41, 5.74) is 4.32. The molecule has 2 aromatic heterocycles. The summed E-state index contributed by atoms with van der Waals surface area (Å²) < 4.78 is 7.47. The van der Waals surface area contributed by atoms with E-state index in [1.54, 1.807) is 0 Å². The summed E-state index contributed by atoms with van der Waals surface area (Å²) in [5.74, 6) is 2.48. The molecule has 7 heteroatoms. The summed E-state index contributed by atoms with van der Waals surface area (Å²) >= 11 is 1.52. The van der Waals surface area contributed by atoms with Crippen LogP contribution in [0.15, 0.2) is 70.9 Å². The minimum atomic E-state index is 0.516. The number of hydrogen-bond donors (Lipinski definition) is 0. The molecule has 2 heterocycles. The summed E-state index contributed by atoms with van der Waals surface area (Å²) in [5, 5.41) is 13.7. The molecule has 6 nitrogen and oxygen atoms in total. The number of rotatable bonds is 7. The van der Waals surface area contributed by atoms with Crippen LogP contribution >= 0.6 is 11.8 Å². The summed E-state index contributed by atoms with van der Waals surface area (Å²) in [4.78, 5) is 4.51. The largest absolute Gasteiger partial charge is 0.338 e. The summed E-state index contributed by atoms with van der Waals surface area (Å²) in [6.45, 7) is 8.59. The van der Waals surface area contributed by atoms with Gasteiger partial charge in [0, 0.05) is 17.7 Å². The molecule has 0 radical (unpaired) electrons. The Balaban J connectivity index is 1.54. The van der Waals surface area contributed by atoms with Gasteiger partial charge < -0.3 is 4.52 Å². The molecule has 0 unspecified atom stereocenters. The molecule has 4 aromatic rings. The van der Waals surface area contributed by atoms with E-state index >= 15 is 0 Å². The van der Waals surface area contributed by atoms with Gasteiger partial charge in [-0.15, -0.1) is 16.8 Å². The van der Waals surface area contributed by atoms with Crippen LogP contribution in [0.3, 0.4) is 0 Å². The van der Waals surface area contributed by atoms with Gasteiger partial charge in [0.2, 0.25) is 11.7 Å². The Kier molecular flexibility index (Phi) is 5.57. The minimum absolute atomic E-state index is 0.516. The molecule has 0 spiro atoms. The summed E-state index contributed by atoms with van der Waals surface area (Å²) in [7, 11) is 0. The molecule has 0 aliphatic heterocycles. The van der Waals surface area contributed by atoms with Gasteiger partial charge in [-0.05, 0) is 26.0 Å². The lowest BCUT2D eigenvalue weighted by Crippen LogP contribution is -2.01. The third-order valence-electron chi connectivity index (χ3n) is 4.37. The van der Waals surface area contributed by atoms with Crippen LogP contribution in [0.5, 0.6) is 0 Å². The molecular formula is C22H21N5OS. The van der Waals surface area contributed by atoms with Crippen LogP contribution in [0, 0.1) is 13.8 Å². The number of thioether (sulfide) groups is 1. The quantitative estimate of drug-likeness (QED) is 0.316. The topological polar surface area (TPSA) is 69.6 Å². The lowest BCUT2D eigenvalue weighted by molar-refractivity contribution is 0.391. The second kappa shape index (κ2) is 8.45. The van der Waals surface area contributed by atoms with Crippen molar-refractivity contribution < 1.29 is 4.52 Å². The van der Waals surface area contributed by atoms with Crippen LogP contribution in [0.4, 0.5) is 0 Å². The maximum atomic E-state index is 5.43. The molecule has 146 valence electrons. The molecule has 0 fully saturated rings. The van der Waals surface area contributed by atoms with Gasteiger partial charge in [-0.2, -0.15) is 4.98 Å².